The third kappa shape index (κ3) is 6.57. The number of halogens is 4. The summed E-state index contributed by atoms with van der Waals surface area (Å²) >= 11 is 4.47. The van der Waals surface area contributed by atoms with Crippen molar-refractivity contribution in [3.63, 3.8) is 0 Å². The number of carbonyl (C=O) groups excluding carboxylic acids is 2. The standard InChI is InChI=1S/C20H17BrF3N5O2S/c1-29-16(10-17(30)26-15-4-2-3-12(9-15)20(22,23)24)27-28-19(29)32-11-18(31)25-14-7-5-13(21)6-8-14/h2-9H,10-11H2,1H3,(H,25,31)(H,26,30). The fourth-order valence-corrected chi connectivity index (χ4v) is 3.60. The molecule has 0 unspecified atom stereocenters. The third-order valence-electron chi connectivity index (χ3n) is 4.18. The Labute approximate surface area is 193 Å². The Bertz CT molecular complexity index is 1120. The number of carbonyl (C=O) groups is 2. The van der Waals surface area contributed by atoms with Crippen molar-refractivity contribution in [3.05, 3.63) is 64.4 Å². The highest BCUT2D eigenvalue weighted by Gasteiger charge is 2.30. The maximum absolute atomic E-state index is 12.8. The number of aromatic nitrogens is 3. The van der Waals surface area contributed by atoms with Crippen LogP contribution in [0, 0.1) is 0 Å². The second-order valence-corrected chi connectivity index (χ2v) is 8.46. The van der Waals surface area contributed by atoms with Gasteiger partial charge in [-0.2, -0.15) is 13.2 Å². The van der Waals surface area contributed by atoms with Gasteiger partial charge in [-0.1, -0.05) is 33.8 Å². The number of nitrogens with zero attached hydrogens (tertiary/aromatic N) is 3. The molecule has 3 aromatic rings. The topological polar surface area (TPSA) is 88.9 Å². The van der Waals surface area contributed by atoms with Crippen LogP contribution >= 0.6 is 27.7 Å². The molecule has 1 aromatic heterocycles. The number of thioether (sulfide) groups is 1. The first-order valence-corrected chi connectivity index (χ1v) is 10.9. The van der Waals surface area contributed by atoms with E-state index >= 15 is 0 Å². The van der Waals surface area contributed by atoms with Crippen LogP contribution in [-0.2, 0) is 29.2 Å². The highest BCUT2D eigenvalue weighted by atomic mass is 79.9. The molecule has 32 heavy (non-hydrogen) atoms. The Morgan fingerprint density at radius 1 is 1.03 bits per heavy atom. The van der Waals surface area contributed by atoms with E-state index in [0.717, 1.165) is 28.4 Å². The van der Waals surface area contributed by atoms with Gasteiger partial charge in [0.25, 0.3) is 0 Å². The van der Waals surface area contributed by atoms with Gasteiger partial charge in [0, 0.05) is 22.9 Å². The van der Waals surface area contributed by atoms with E-state index in [1.165, 1.54) is 12.1 Å². The minimum absolute atomic E-state index is 0.0335. The van der Waals surface area contributed by atoms with Gasteiger partial charge < -0.3 is 15.2 Å². The zero-order valence-electron chi connectivity index (χ0n) is 16.6. The first kappa shape index (κ1) is 23.8. The van der Waals surface area contributed by atoms with Crippen molar-refractivity contribution in [2.75, 3.05) is 16.4 Å². The zero-order chi connectivity index (χ0) is 23.3. The van der Waals surface area contributed by atoms with Crippen molar-refractivity contribution in [1.82, 2.24) is 14.8 Å². The van der Waals surface area contributed by atoms with Crippen molar-refractivity contribution in [2.45, 2.75) is 17.8 Å². The second-order valence-electron chi connectivity index (χ2n) is 6.61. The summed E-state index contributed by atoms with van der Waals surface area (Å²) in [5, 5.41) is 13.5. The Balaban J connectivity index is 1.54. The minimum atomic E-state index is -4.50. The monoisotopic (exact) mass is 527 g/mol. The van der Waals surface area contributed by atoms with E-state index in [9.17, 15) is 22.8 Å². The van der Waals surface area contributed by atoms with Crippen LogP contribution in [0.15, 0.2) is 58.2 Å². The molecular weight excluding hydrogens is 511 g/mol. The molecule has 0 atom stereocenters. The number of alkyl halides is 3. The number of rotatable bonds is 7. The first-order valence-electron chi connectivity index (χ1n) is 9.15. The number of amides is 2. The third-order valence-corrected chi connectivity index (χ3v) is 5.73. The Kier molecular flexibility index (Phi) is 7.56. The van der Waals surface area contributed by atoms with Crippen LogP contribution in [0.4, 0.5) is 24.5 Å². The minimum Gasteiger partial charge on any atom is -0.326 e. The SMILES string of the molecule is Cn1c(CC(=O)Nc2cccc(C(F)(F)F)c2)nnc1SCC(=O)Nc1ccc(Br)cc1. The fraction of sp³-hybridized carbons (Fsp3) is 0.200. The van der Waals surface area contributed by atoms with Crippen LogP contribution in [0.25, 0.3) is 0 Å². The van der Waals surface area contributed by atoms with E-state index in [1.54, 1.807) is 23.7 Å². The Hall–Kier alpha value is -2.86. The molecular formula is C20H17BrF3N5O2S. The lowest BCUT2D eigenvalue weighted by atomic mass is 10.2. The molecule has 0 aliphatic carbocycles. The molecule has 12 heteroatoms. The van der Waals surface area contributed by atoms with Gasteiger partial charge in [0.1, 0.15) is 5.82 Å². The molecule has 2 aromatic carbocycles. The summed E-state index contributed by atoms with van der Waals surface area (Å²) in [5.41, 5.74) is -0.163. The van der Waals surface area contributed by atoms with Crippen LogP contribution in [0.5, 0.6) is 0 Å². The maximum atomic E-state index is 12.8. The van der Waals surface area contributed by atoms with Gasteiger partial charge in [-0.15, -0.1) is 10.2 Å². The van der Waals surface area contributed by atoms with Crippen LogP contribution in [0.3, 0.4) is 0 Å². The highest BCUT2D eigenvalue weighted by Crippen LogP contribution is 2.30. The van der Waals surface area contributed by atoms with Crippen molar-refractivity contribution in [1.29, 1.82) is 0 Å². The molecule has 3 rings (SSSR count). The van der Waals surface area contributed by atoms with E-state index in [0.29, 0.717) is 16.7 Å². The van der Waals surface area contributed by atoms with Crippen molar-refractivity contribution >= 4 is 50.9 Å². The number of hydrogen-bond acceptors (Lipinski definition) is 5. The molecule has 0 bridgehead atoms. The van der Waals surface area contributed by atoms with Crippen molar-refractivity contribution in [3.8, 4) is 0 Å². The highest BCUT2D eigenvalue weighted by molar-refractivity contribution is 9.10. The first-order chi connectivity index (χ1) is 15.1. The normalized spacial score (nSPS) is 11.3. The molecule has 1 heterocycles. The van der Waals surface area contributed by atoms with Crippen LogP contribution in [-0.4, -0.2) is 32.3 Å². The van der Waals surface area contributed by atoms with Crippen LogP contribution in [0.2, 0.25) is 0 Å². The molecule has 2 N–H and O–H groups in total. The predicted molar refractivity (Wildman–Crippen MR) is 118 cm³/mol. The summed E-state index contributed by atoms with van der Waals surface area (Å²) in [5.74, 6) is -0.378. The smallest absolute Gasteiger partial charge is 0.326 e. The van der Waals surface area contributed by atoms with Gasteiger partial charge >= 0.3 is 6.18 Å². The molecule has 7 nitrogen and oxygen atoms in total. The number of benzene rings is 2. The Morgan fingerprint density at radius 2 is 1.72 bits per heavy atom. The number of nitrogens with one attached hydrogen (secondary N) is 2. The largest absolute Gasteiger partial charge is 0.416 e. The molecule has 0 spiro atoms. The quantitative estimate of drug-likeness (QED) is 0.441. The Morgan fingerprint density at radius 3 is 2.41 bits per heavy atom. The number of anilines is 2. The summed E-state index contributed by atoms with van der Waals surface area (Å²) in [7, 11) is 1.64. The fourth-order valence-electron chi connectivity index (χ4n) is 2.61. The molecule has 168 valence electrons. The summed E-state index contributed by atoms with van der Waals surface area (Å²) in [6.07, 6.45) is -4.69. The average molecular weight is 528 g/mol. The summed E-state index contributed by atoms with van der Waals surface area (Å²) in [4.78, 5) is 24.4. The van der Waals surface area contributed by atoms with Gasteiger partial charge in [-0.3, -0.25) is 9.59 Å². The second kappa shape index (κ2) is 10.2. The van der Waals surface area contributed by atoms with E-state index in [1.807, 2.05) is 12.1 Å². The molecule has 0 aliphatic heterocycles. The van der Waals surface area contributed by atoms with E-state index in [2.05, 4.69) is 36.8 Å². The van der Waals surface area contributed by atoms with Crippen LogP contribution in [0.1, 0.15) is 11.4 Å². The molecule has 0 saturated heterocycles. The molecule has 2 amide bonds. The van der Waals surface area contributed by atoms with Crippen molar-refractivity contribution < 1.29 is 22.8 Å². The van der Waals surface area contributed by atoms with Gasteiger partial charge in [0.15, 0.2) is 5.16 Å². The van der Waals surface area contributed by atoms with Crippen molar-refractivity contribution in [2.24, 2.45) is 7.05 Å². The predicted octanol–water partition coefficient (Wildman–Crippen LogP) is 4.51. The van der Waals surface area contributed by atoms with Crippen LogP contribution < -0.4 is 10.6 Å². The molecule has 0 radical (unpaired) electrons. The average Bonchev–Trinajstić information content (AvgIpc) is 3.07. The lowest BCUT2D eigenvalue weighted by Gasteiger charge is -2.10. The zero-order valence-corrected chi connectivity index (χ0v) is 19.0. The lowest BCUT2D eigenvalue weighted by molar-refractivity contribution is -0.137. The van der Waals surface area contributed by atoms with Gasteiger partial charge in [-0.05, 0) is 42.5 Å². The molecule has 0 aliphatic rings. The summed E-state index contributed by atoms with van der Waals surface area (Å²) in [6, 6.07) is 11.5. The van der Waals surface area contributed by atoms with E-state index in [4.69, 9.17) is 0 Å². The number of hydrogen-bond donors (Lipinski definition) is 2. The summed E-state index contributed by atoms with van der Waals surface area (Å²) in [6.45, 7) is 0. The van der Waals surface area contributed by atoms with E-state index < -0.39 is 17.6 Å². The van der Waals surface area contributed by atoms with E-state index in [-0.39, 0.29) is 23.8 Å². The van der Waals surface area contributed by atoms with Gasteiger partial charge in [0.2, 0.25) is 11.8 Å². The summed E-state index contributed by atoms with van der Waals surface area (Å²) < 4.78 is 40.9. The molecule has 0 fully saturated rings. The molecule has 0 saturated carbocycles. The lowest BCUT2D eigenvalue weighted by Crippen LogP contribution is -2.18. The van der Waals surface area contributed by atoms with Gasteiger partial charge in [0.05, 0.1) is 17.7 Å². The van der Waals surface area contributed by atoms with Gasteiger partial charge in [-0.25, -0.2) is 0 Å². The maximum Gasteiger partial charge on any atom is 0.416 e.